The first kappa shape index (κ1) is 11.4. The smallest absolute Gasteiger partial charge is 0.273 e. The zero-order valence-corrected chi connectivity index (χ0v) is 9.54. The van der Waals surface area contributed by atoms with Crippen molar-refractivity contribution in [1.29, 1.82) is 0 Å². The third-order valence-corrected chi connectivity index (χ3v) is 2.69. The van der Waals surface area contributed by atoms with Crippen molar-refractivity contribution in [1.82, 2.24) is 9.97 Å². The normalized spacial score (nSPS) is 9.47. The molecule has 2 aromatic heterocycles. The zero-order valence-electron chi connectivity index (χ0n) is 8.73. The topological polar surface area (TPSA) is 78.0 Å². The number of carbonyl (C=O) groups excluding carboxylic acids is 1. The Morgan fingerprint density at radius 1 is 1.65 bits per heavy atom. The Morgan fingerprint density at radius 2 is 2.53 bits per heavy atom. The van der Waals surface area contributed by atoms with Gasteiger partial charge in [-0.3, -0.25) is 10.1 Å². The summed E-state index contributed by atoms with van der Waals surface area (Å²) in [7, 11) is 0. The van der Waals surface area contributed by atoms with Gasteiger partial charge < -0.3 is 10.1 Å². The van der Waals surface area contributed by atoms with Gasteiger partial charge in [0.05, 0.1) is 11.1 Å². The molecule has 0 radical (unpaired) electrons. The molecule has 2 heterocycles. The van der Waals surface area contributed by atoms with E-state index < -0.39 is 0 Å². The number of aliphatic hydroxyl groups excluding tert-OH is 1. The van der Waals surface area contributed by atoms with Gasteiger partial charge in [0.2, 0.25) is 0 Å². The van der Waals surface area contributed by atoms with Gasteiger partial charge in [-0.1, -0.05) is 23.2 Å². The number of H-pyrrole nitrogens is 1. The van der Waals surface area contributed by atoms with Crippen molar-refractivity contribution in [3.05, 3.63) is 35.1 Å². The molecule has 0 spiro atoms. The second kappa shape index (κ2) is 5.30. The number of hydrogen-bond acceptors (Lipinski definition) is 4. The second-order valence-corrected chi connectivity index (χ2v) is 4.06. The Morgan fingerprint density at radius 3 is 3.24 bits per heavy atom. The van der Waals surface area contributed by atoms with E-state index in [1.54, 1.807) is 24.5 Å². The van der Waals surface area contributed by atoms with E-state index in [1.165, 1.54) is 11.3 Å². The lowest BCUT2D eigenvalue weighted by Gasteiger charge is -1.97. The summed E-state index contributed by atoms with van der Waals surface area (Å²) in [4.78, 5) is 19.2. The van der Waals surface area contributed by atoms with Crippen LogP contribution in [0.1, 0.15) is 15.4 Å². The van der Waals surface area contributed by atoms with Crippen molar-refractivity contribution < 1.29 is 9.90 Å². The SMILES string of the molecule is O=C(Nc1ncc(C#CCO)s1)c1ccc[nH]1. The summed E-state index contributed by atoms with van der Waals surface area (Å²) in [5.41, 5.74) is 0.475. The van der Waals surface area contributed by atoms with Crippen LogP contribution in [0.4, 0.5) is 5.13 Å². The van der Waals surface area contributed by atoms with Gasteiger partial charge in [0.1, 0.15) is 12.3 Å². The van der Waals surface area contributed by atoms with E-state index in [2.05, 4.69) is 27.1 Å². The van der Waals surface area contributed by atoms with Gasteiger partial charge in [0.15, 0.2) is 5.13 Å². The summed E-state index contributed by atoms with van der Waals surface area (Å²) in [5.74, 6) is 4.99. The molecular weight excluding hydrogens is 238 g/mol. The number of anilines is 1. The molecule has 2 aromatic rings. The van der Waals surface area contributed by atoms with E-state index in [0.29, 0.717) is 15.7 Å². The first-order valence-electron chi connectivity index (χ1n) is 4.80. The predicted octanol–water partition coefficient (Wildman–Crippen LogP) is 1.07. The minimum absolute atomic E-state index is 0.192. The molecule has 0 saturated heterocycles. The van der Waals surface area contributed by atoms with Crippen molar-refractivity contribution in [2.45, 2.75) is 0 Å². The molecule has 1 amide bonds. The van der Waals surface area contributed by atoms with Crippen LogP contribution in [0.3, 0.4) is 0 Å². The van der Waals surface area contributed by atoms with Crippen LogP contribution in [-0.2, 0) is 0 Å². The summed E-state index contributed by atoms with van der Waals surface area (Å²) in [6.07, 6.45) is 3.23. The van der Waals surface area contributed by atoms with Crippen LogP contribution in [0.2, 0.25) is 0 Å². The summed E-state index contributed by atoms with van der Waals surface area (Å²) in [6, 6.07) is 3.42. The largest absolute Gasteiger partial charge is 0.384 e. The fraction of sp³-hybridized carbons (Fsp3) is 0.0909. The van der Waals surface area contributed by atoms with Crippen LogP contribution in [0.15, 0.2) is 24.5 Å². The number of nitrogens with zero attached hydrogens (tertiary/aromatic N) is 1. The van der Waals surface area contributed by atoms with Crippen LogP contribution in [0, 0.1) is 11.8 Å². The lowest BCUT2D eigenvalue weighted by atomic mass is 10.4. The number of rotatable bonds is 2. The van der Waals surface area contributed by atoms with Crippen molar-refractivity contribution >= 4 is 22.4 Å². The molecule has 3 N–H and O–H groups in total. The molecule has 0 aliphatic rings. The Labute approximate surface area is 102 Å². The van der Waals surface area contributed by atoms with Gasteiger partial charge in [-0.2, -0.15) is 0 Å². The van der Waals surface area contributed by atoms with E-state index in [9.17, 15) is 4.79 Å². The van der Waals surface area contributed by atoms with E-state index in [0.717, 1.165) is 0 Å². The van der Waals surface area contributed by atoms with Gasteiger partial charge in [-0.25, -0.2) is 4.98 Å². The maximum absolute atomic E-state index is 11.6. The minimum atomic E-state index is -0.244. The number of aliphatic hydroxyl groups is 1. The van der Waals surface area contributed by atoms with Crippen molar-refractivity contribution in [2.75, 3.05) is 11.9 Å². The molecule has 86 valence electrons. The van der Waals surface area contributed by atoms with Gasteiger partial charge >= 0.3 is 0 Å². The molecule has 2 rings (SSSR count). The molecule has 0 aliphatic carbocycles. The van der Waals surface area contributed by atoms with Crippen molar-refractivity contribution in [3.8, 4) is 11.8 Å². The highest BCUT2D eigenvalue weighted by Crippen LogP contribution is 2.17. The number of hydrogen-bond donors (Lipinski definition) is 3. The zero-order chi connectivity index (χ0) is 12.1. The quantitative estimate of drug-likeness (QED) is 0.694. The molecular formula is C11H9N3O2S. The summed E-state index contributed by atoms with van der Waals surface area (Å²) in [6.45, 7) is -0.192. The number of aromatic amines is 1. The summed E-state index contributed by atoms with van der Waals surface area (Å²) >= 11 is 1.26. The fourth-order valence-electron chi connectivity index (χ4n) is 1.15. The highest BCUT2D eigenvalue weighted by Gasteiger charge is 2.08. The first-order chi connectivity index (χ1) is 8.29. The lowest BCUT2D eigenvalue weighted by molar-refractivity contribution is 0.102. The molecule has 0 aliphatic heterocycles. The molecule has 0 fully saturated rings. The number of aromatic nitrogens is 2. The average Bonchev–Trinajstić information content (AvgIpc) is 2.97. The number of nitrogens with one attached hydrogen (secondary N) is 2. The molecule has 0 unspecified atom stereocenters. The molecule has 0 saturated carbocycles. The molecule has 5 nitrogen and oxygen atoms in total. The van der Waals surface area contributed by atoms with Crippen molar-refractivity contribution in [2.24, 2.45) is 0 Å². The van der Waals surface area contributed by atoms with Gasteiger partial charge in [0, 0.05) is 6.20 Å². The first-order valence-corrected chi connectivity index (χ1v) is 5.61. The van der Waals surface area contributed by atoms with E-state index in [1.807, 2.05) is 0 Å². The Bertz CT molecular complexity index is 563. The summed E-state index contributed by atoms with van der Waals surface area (Å²) < 4.78 is 0. The van der Waals surface area contributed by atoms with E-state index in [-0.39, 0.29) is 12.5 Å². The minimum Gasteiger partial charge on any atom is -0.384 e. The molecule has 0 atom stereocenters. The van der Waals surface area contributed by atoms with Crippen LogP contribution in [0.25, 0.3) is 0 Å². The van der Waals surface area contributed by atoms with Crippen LogP contribution < -0.4 is 5.32 Å². The highest BCUT2D eigenvalue weighted by atomic mass is 32.1. The van der Waals surface area contributed by atoms with Crippen molar-refractivity contribution in [3.63, 3.8) is 0 Å². The average molecular weight is 247 g/mol. The van der Waals surface area contributed by atoms with Crippen LogP contribution in [-0.4, -0.2) is 27.6 Å². The third-order valence-electron chi connectivity index (χ3n) is 1.86. The number of amides is 1. The standard InChI is InChI=1S/C11H9N3O2S/c15-6-2-3-8-7-13-11(17-8)14-10(16)9-4-1-5-12-9/h1,4-5,7,12,15H,6H2,(H,13,14,16). The molecule has 6 heteroatoms. The third kappa shape index (κ3) is 2.93. The number of carbonyl (C=O) groups is 1. The maximum Gasteiger partial charge on any atom is 0.273 e. The van der Waals surface area contributed by atoms with Crippen LogP contribution >= 0.6 is 11.3 Å². The van der Waals surface area contributed by atoms with Gasteiger partial charge in [-0.15, -0.1) is 0 Å². The number of thiazole rings is 1. The van der Waals surface area contributed by atoms with E-state index >= 15 is 0 Å². The van der Waals surface area contributed by atoms with Gasteiger partial charge in [0.25, 0.3) is 5.91 Å². The molecule has 17 heavy (non-hydrogen) atoms. The fourth-order valence-corrected chi connectivity index (χ4v) is 1.84. The maximum atomic E-state index is 11.6. The van der Waals surface area contributed by atoms with Gasteiger partial charge in [-0.05, 0) is 12.1 Å². The van der Waals surface area contributed by atoms with E-state index in [4.69, 9.17) is 5.11 Å². The molecule has 0 bridgehead atoms. The Kier molecular flexibility index (Phi) is 3.55. The highest BCUT2D eigenvalue weighted by molar-refractivity contribution is 7.16. The second-order valence-electron chi connectivity index (χ2n) is 3.03. The molecule has 0 aromatic carbocycles. The predicted molar refractivity (Wildman–Crippen MR) is 64.8 cm³/mol. The summed E-state index contributed by atoms with van der Waals surface area (Å²) in [5, 5.41) is 11.7. The van der Waals surface area contributed by atoms with Crippen LogP contribution in [0.5, 0.6) is 0 Å². The monoisotopic (exact) mass is 247 g/mol. The lowest BCUT2D eigenvalue weighted by Crippen LogP contribution is -2.11. The Hall–Kier alpha value is -2.10. The Balaban J connectivity index is 2.04.